The summed E-state index contributed by atoms with van der Waals surface area (Å²) in [5, 5.41) is 1.59. The molecule has 2 heterocycles. The maximum Gasteiger partial charge on any atom is 0.324 e. The van der Waals surface area contributed by atoms with E-state index in [1.165, 1.54) is 6.92 Å². The van der Waals surface area contributed by atoms with Gasteiger partial charge in [-0.2, -0.15) is 0 Å². The molecule has 2 fully saturated rings. The quantitative estimate of drug-likeness (QED) is 0.694. The molecule has 2 saturated heterocycles. The van der Waals surface area contributed by atoms with E-state index in [2.05, 4.69) is 5.32 Å². The van der Waals surface area contributed by atoms with Gasteiger partial charge in [0, 0.05) is 13.1 Å². The Kier molecular flexibility index (Phi) is 3.35. The molecule has 0 aliphatic carbocycles. The van der Waals surface area contributed by atoms with E-state index in [1.807, 2.05) is 0 Å². The molecule has 0 saturated carbocycles. The van der Waals surface area contributed by atoms with E-state index >= 15 is 0 Å². The normalized spacial score (nSPS) is 30.0. The molecule has 2 aliphatic rings. The van der Waals surface area contributed by atoms with E-state index in [9.17, 15) is 9.59 Å². The number of morpholine rings is 1. The van der Waals surface area contributed by atoms with Crippen LogP contribution in [0.5, 0.6) is 0 Å². The third kappa shape index (κ3) is 2.47. The second-order valence-electron chi connectivity index (χ2n) is 4.27. The Hall–Kier alpha value is -0.810. The van der Waals surface area contributed by atoms with Crippen LogP contribution in [0, 0.1) is 0 Å². The van der Waals surface area contributed by atoms with Gasteiger partial charge in [0.15, 0.2) is 0 Å². The summed E-state index contributed by atoms with van der Waals surface area (Å²) in [6, 6.07) is -0.363. The molecule has 2 bridgehead atoms. The van der Waals surface area contributed by atoms with E-state index in [0.717, 1.165) is 12.8 Å². The Morgan fingerprint density at radius 2 is 1.94 bits per heavy atom. The van der Waals surface area contributed by atoms with Crippen LogP contribution in [0.4, 0.5) is 4.79 Å². The maximum absolute atomic E-state index is 11.7. The average Bonchev–Trinajstić information content (AvgIpc) is 2.57. The van der Waals surface area contributed by atoms with Crippen molar-refractivity contribution in [2.75, 3.05) is 13.1 Å². The van der Waals surface area contributed by atoms with Gasteiger partial charge in [-0.25, -0.2) is 4.79 Å². The van der Waals surface area contributed by atoms with Crippen molar-refractivity contribution in [1.82, 2.24) is 10.2 Å². The predicted octanol–water partition coefficient (Wildman–Crippen LogP) is 0.713. The van der Waals surface area contributed by atoms with Gasteiger partial charge in [-0.05, 0) is 19.8 Å². The highest BCUT2D eigenvalue weighted by Gasteiger charge is 2.36. The van der Waals surface area contributed by atoms with Gasteiger partial charge in [0.05, 0.1) is 12.2 Å². The SMILES string of the molecule is CC(Cl)C(=O)NC(=O)N1CC2CCC(C1)O2. The number of carbonyl (C=O) groups is 2. The molecule has 0 spiro atoms. The van der Waals surface area contributed by atoms with Gasteiger partial charge in [-0.3, -0.25) is 10.1 Å². The highest BCUT2D eigenvalue weighted by atomic mass is 35.5. The number of likely N-dealkylation sites (tertiary alicyclic amines) is 1. The molecule has 2 aliphatic heterocycles. The molecule has 3 unspecified atom stereocenters. The van der Waals surface area contributed by atoms with Gasteiger partial charge in [0.1, 0.15) is 5.38 Å². The van der Waals surface area contributed by atoms with Gasteiger partial charge in [-0.1, -0.05) is 0 Å². The monoisotopic (exact) mass is 246 g/mol. The van der Waals surface area contributed by atoms with Crippen LogP contribution < -0.4 is 5.32 Å². The van der Waals surface area contributed by atoms with Crippen molar-refractivity contribution in [3.63, 3.8) is 0 Å². The zero-order valence-corrected chi connectivity index (χ0v) is 9.87. The third-order valence-electron chi connectivity index (χ3n) is 2.92. The molecular weight excluding hydrogens is 232 g/mol. The lowest BCUT2D eigenvalue weighted by Crippen LogP contribution is -2.52. The number of urea groups is 1. The Balaban J connectivity index is 1.88. The van der Waals surface area contributed by atoms with Crippen LogP contribution in [-0.2, 0) is 9.53 Å². The topological polar surface area (TPSA) is 58.6 Å². The van der Waals surface area contributed by atoms with Crippen molar-refractivity contribution in [3.05, 3.63) is 0 Å². The fourth-order valence-corrected chi connectivity index (χ4v) is 2.12. The van der Waals surface area contributed by atoms with Crippen LogP contribution in [-0.4, -0.2) is 47.5 Å². The number of imide groups is 1. The van der Waals surface area contributed by atoms with Crippen molar-refractivity contribution in [2.45, 2.75) is 37.4 Å². The highest BCUT2D eigenvalue weighted by molar-refractivity contribution is 6.31. The van der Waals surface area contributed by atoms with E-state index in [0.29, 0.717) is 13.1 Å². The Labute approximate surface area is 99.1 Å². The smallest absolute Gasteiger partial charge is 0.324 e. The second kappa shape index (κ2) is 4.59. The molecule has 2 rings (SSSR count). The number of alkyl halides is 1. The Morgan fingerprint density at radius 3 is 2.44 bits per heavy atom. The second-order valence-corrected chi connectivity index (χ2v) is 4.93. The summed E-state index contributed by atoms with van der Waals surface area (Å²) < 4.78 is 5.60. The molecule has 16 heavy (non-hydrogen) atoms. The summed E-state index contributed by atoms with van der Waals surface area (Å²) in [6.07, 6.45) is 2.25. The minimum absolute atomic E-state index is 0.132. The lowest BCUT2D eigenvalue weighted by molar-refractivity contribution is -0.119. The minimum Gasteiger partial charge on any atom is -0.371 e. The number of hydrogen-bond acceptors (Lipinski definition) is 3. The molecule has 0 radical (unpaired) electrons. The summed E-state index contributed by atoms with van der Waals surface area (Å²) in [4.78, 5) is 24.6. The van der Waals surface area contributed by atoms with Gasteiger partial charge >= 0.3 is 6.03 Å². The summed E-state index contributed by atoms with van der Waals surface area (Å²) in [6.45, 7) is 2.66. The molecule has 1 N–H and O–H groups in total. The molecule has 0 aromatic rings. The molecule has 0 aromatic carbocycles. The number of nitrogens with zero attached hydrogens (tertiary/aromatic N) is 1. The fourth-order valence-electron chi connectivity index (χ4n) is 2.06. The number of hydrogen-bond donors (Lipinski definition) is 1. The number of rotatable bonds is 1. The lowest BCUT2D eigenvalue weighted by atomic mass is 10.2. The van der Waals surface area contributed by atoms with Crippen LogP contribution in [0.3, 0.4) is 0 Å². The average molecular weight is 247 g/mol. The van der Waals surface area contributed by atoms with Crippen LogP contribution >= 0.6 is 11.6 Å². The number of carbonyl (C=O) groups excluding carboxylic acids is 2. The third-order valence-corrected chi connectivity index (χ3v) is 3.12. The number of fused-ring (bicyclic) bond motifs is 2. The minimum atomic E-state index is -0.693. The van der Waals surface area contributed by atoms with Crippen molar-refractivity contribution in [3.8, 4) is 0 Å². The van der Waals surface area contributed by atoms with Gasteiger partial charge in [-0.15, -0.1) is 11.6 Å². The molecular formula is C10H15ClN2O3. The molecule has 6 heteroatoms. The van der Waals surface area contributed by atoms with E-state index in [-0.39, 0.29) is 18.2 Å². The highest BCUT2D eigenvalue weighted by Crippen LogP contribution is 2.26. The van der Waals surface area contributed by atoms with Gasteiger partial charge < -0.3 is 9.64 Å². The number of amides is 3. The molecule has 0 aromatic heterocycles. The first kappa shape index (κ1) is 11.7. The lowest BCUT2D eigenvalue weighted by Gasteiger charge is -2.31. The zero-order chi connectivity index (χ0) is 11.7. The number of halogens is 1. The zero-order valence-electron chi connectivity index (χ0n) is 9.11. The van der Waals surface area contributed by atoms with Crippen LogP contribution in [0.25, 0.3) is 0 Å². The van der Waals surface area contributed by atoms with E-state index < -0.39 is 11.3 Å². The van der Waals surface area contributed by atoms with Gasteiger partial charge in [0.2, 0.25) is 5.91 Å². The molecule has 90 valence electrons. The number of ether oxygens (including phenoxy) is 1. The summed E-state index contributed by atoms with van der Waals surface area (Å²) in [5.74, 6) is -0.453. The molecule has 3 atom stereocenters. The summed E-state index contributed by atoms with van der Waals surface area (Å²) >= 11 is 5.57. The van der Waals surface area contributed by atoms with Crippen LogP contribution in [0.2, 0.25) is 0 Å². The van der Waals surface area contributed by atoms with Crippen molar-refractivity contribution >= 4 is 23.5 Å². The fraction of sp³-hybridized carbons (Fsp3) is 0.800. The van der Waals surface area contributed by atoms with Crippen molar-refractivity contribution in [2.24, 2.45) is 0 Å². The molecule has 3 amide bonds. The first-order chi connectivity index (χ1) is 7.56. The standard InChI is InChI=1S/C10H15ClN2O3/c1-6(11)9(14)12-10(15)13-4-7-2-3-8(5-13)16-7/h6-8H,2-5H2,1H3,(H,12,14,15). The summed E-state index contributed by atoms with van der Waals surface area (Å²) in [7, 11) is 0. The molecule has 5 nitrogen and oxygen atoms in total. The van der Waals surface area contributed by atoms with Crippen LogP contribution in [0.15, 0.2) is 0 Å². The van der Waals surface area contributed by atoms with Gasteiger partial charge in [0.25, 0.3) is 0 Å². The Morgan fingerprint density at radius 1 is 1.38 bits per heavy atom. The first-order valence-electron chi connectivity index (χ1n) is 5.45. The maximum atomic E-state index is 11.7. The van der Waals surface area contributed by atoms with Crippen molar-refractivity contribution < 1.29 is 14.3 Å². The van der Waals surface area contributed by atoms with E-state index in [4.69, 9.17) is 16.3 Å². The summed E-state index contributed by atoms with van der Waals surface area (Å²) in [5.41, 5.74) is 0. The Bertz CT molecular complexity index is 296. The first-order valence-corrected chi connectivity index (χ1v) is 5.89. The van der Waals surface area contributed by atoms with Crippen molar-refractivity contribution in [1.29, 1.82) is 0 Å². The van der Waals surface area contributed by atoms with E-state index in [1.54, 1.807) is 4.90 Å². The number of nitrogens with one attached hydrogen (secondary N) is 1. The predicted molar refractivity (Wildman–Crippen MR) is 58.3 cm³/mol. The van der Waals surface area contributed by atoms with Crippen LogP contribution in [0.1, 0.15) is 19.8 Å². The largest absolute Gasteiger partial charge is 0.371 e.